The van der Waals surface area contributed by atoms with Crippen molar-refractivity contribution in [1.29, 1.82) is 0 Å². The number of piperidine rings is 1. The summed E-state index contributed by atoms with van der Waals surface area (Å²) in [5.41, 5.74) is 2.07. The molecule has 0 atom stereocenters. The zero-order valence-electron chi connectivity index (χ0n) is 13.7. The normalized spacial score (nSPS) is 17.5. The number of halogens is 3. The third-order valence-corrected chi connectivity index (χ3v) is 4.40. The van der Waals surface area contributed by atoms with Crippen LogP contribution >= 0.6 is 0 Å². The van der Waals surface area contributed by atoms with Crippen molar-refractivity contribution in [3.63, 3.8) is 0 Å². The number of likely N-dealkylation sites (tertiary alicyclic amines) is 1. The molecule has 8 heteroatoms. The summed E-state index contributed by atoms with van der Waals surface area (Å²) in [6.07, 6.45) is -2.81. The molecule has 1 saturated heterocycles. The number of carbonyl (C=O) groups excluding carboxylic acids is 1. The molecule has 0 aromatic carbocycles. The Morgan fingerprint density at radius 1 is 1.30 bits per heavy atom. The molecule has 1 aliphatic heterocycles. The molecule has 0 saturated carbocycles. The van der Waals surface area contributed by atoms with E-state index in [-0.39, 0.29) is 11.8 Å². The molecule has 0 radical (unpaired) electrons. The van der Waals surface area contributed by atoms with Crippen LogP contribution in [-0.4, -0.2) is 52.9 Å². The van der Waals surface area contributed by atoms with Crippen molar-refractivity contribution in [2.24, 2.45) is 13.0 Å². The largest absolute Gasteiger partial charge is 0.401 e. The molecular weight excluding hydrogens is 309 g/mol. The Kier molecular flexibility index (Phi) is 5.33. The molecule has 0 unspecified atom stereocenters. The minimum absolute atomic E-state index is 0.161. The number of aryl methyl sites for hydroxylation is 2. The van der Waals surface area contributed by atoms with Crippen molar-refractivity contribution in [3.05, 3.63) is 17.0 Å². The van der Waals surface area contributed by atoms with Gasteiger partial charge in [0.05, 0.1) is 17.8 Å². The quantitative estimate of drug-likeness (QED) is 0.918. The number of carbonyl (C=O) groups is 1. The third kappa shape index (κ3) is 4.70. The maximum absolute atomic E-state index is 12.3. The Morgan fingerprint density at radius 3 is 2.39 bits per heavy atom. The smallest absolute Gasteiger partial charge is 0.352 e. The maximum atomic E-state index is 12.3. The molecule has 1 aliphatic rings. The van der Waals surface area contributed by atoms with Gasteiger partial charge in [0.25, 0.3) is 5.91 Å². The Hall–Kier alpha value is -1.57. The Bertz CT molecular complexity index is 560. The van der Waals surface area contributed by atoms with Crippen LogP contribution in [0.2, 0.25) is 0 Å². The van der Waals surface area contributed by atoms with Crippen molar-refractivity contribution >= 4 is 5.91 Å². The van der Waals surface area contributed by atoms with Gasteiger partial charge in [0, 0.05) is 19.3 Å². The van der Waals surface area contributed by atoms with E-state index in [4.69, 9.17) is 0 Å². The highest BCUT2D eigenvalue weighted by atomic mass is 19.4. The summed E-state index contributed by atoms with van der Waals surface area (Å²) < 4.78 is 38.7. The van der Waals surface area contributed by atoms with E-state index >= 15 is 0 Å². The van der Waals surface area contributed by atoms with Gasteiger partial charge in [-0.3, -0.25) is 14.4 Å². The molecule has 1 N–H and O–H groups in total. The molecule has 1 aromatic heterocycles. The molecule has 2 heterocycles. The van der Waals surface area contributed by atoms with Gasteiger partial charge in [-0.15, -0.1) is 0 Å². The highest BCUT2D eigenvalue weighted by Crippen LogP contribution is 2.22. The van der Waals surface area contributed by atoms with Crippen molar-refractivity contribution in [3.8, 4) is 0 Å². The first kappa shape index (κ1) is 17.8. The molecule has 5 nitrogen and oxygen atoms in total. The zero-order valence-corrected chi connectivity index (χ0v) is 13.7. The number of rotatable bonds is 4. The number of hydrogen-bond donors (Lipinski definition) is 1. The van der Waals surface area contributed by atoms with Crippen LogP contribution in [0, 0.1) is 19.8 Å². The van der Waals surface area contributed by atoms with Gasteiger partial charge in [0.2, 0.25) is 0 Å². The van der Waals surface area contributed by atoms with Crippen LogP contribution < -0.4 is 5.32 Å². The van der Waals surface area contributed by atoms with Crippen molar-refractivity contribution in [2.45, 2.75) is 32.9 Å². The summed E-state index contributed by atoms with van der Waals surface area (Å²) in [5, 5.41) is 7.11. The Labute approximate surface area is 133 Å². The van der Waals surface area contributed by atoms with E-state index < -0.39 is 12.7 Å². The van der Waals surface area contributed by atoms with Crippen LogP contribution in [0.25, 0.3) is 0 Å². The van der Waals surface area contributed by atoms with E-state index in [1.807, 2.05) is 6.92 Å². The predicted molar refractivity (Wildman–Crippen MR) is 80.2 cm³/mol. The number of amides is 1. The minimum atomic E-state index is -4.14. The zero-order chi connectivity index (χ0) is 17.2. The number of hydrogen-bond acceptors (Lipinski definition) is 3. The van der Waals surface area contributed by atoms with Crippen LogP contribution in [0.3, 0.4) is 0 Å². The van der Waals surface area contributed by atoms with Gasteiger partial charge in [-0.05, 0) is 45.7 Å². The average Bonchev–Trinajstić information content (AvgIpc) is 2.69. The summed E-state index contributed by atoms with van der Waals surface area (Å²) >= 11 is 0. The molecule has 0 spiro atoms. The van der Waals surface area contributed by atoms with Crippen LogP contribution in [0.15, 0.2) is 0 Å². The molecule has 23 heavy (non-hydrogen) atoms. The second kappa shape index (κ2) is 6.90. The van der Waals surface area contributed by atoms with Gasteiger partial charge >= 0.3 is 6.18 Å². The topological polar surface area (TPSA) is 50.2 Å². The number of nitrogens with zero attached hydrogens (tertiary/aromatic N) is 3. The number of alkyl halides is 3. The number of aromatic nitrogens is 2. The fourth-order valence-corrected chi connectivity index (χ4v) is 3.03. The third-order valence-electron chi connectivity index (χ3n) is 4.40. The monoisotopic (exact) mass is 332 g/mol. The summed E-state index contributed by atoms with van der Waals surface area (Å²) in [4.78, 5) is 13.7. The molecular formula is C15H23F3N4O. The molecule has 0 aliphatic carbocycles. The average molecular weight is 332 g/mol. The summed E-state index contributed by atoms with van der Waals surface area (Å²) in [6.45, 7) is 4.12. The Balaban J connectivity index is 1.80. The van der Waals surface area contributed by atoms with Crippen LogP contribution in [0.5, 0.6) is 0 Å². The van der Waals surface area contributed by atoms with E-state index in [2.05, 4.69) is 10.4 Å². The molecule has 1 fully saturated rings. The Morgan fingerprint density at radius 2 is 1.91 bits per heavy atom. The molecule has 0 bridgehead atoms. The summed E-state index contributed by atoms with van der Waals surface area (Å²) in [7, 11) is 1.79. The van der Waals surface area contributed by atoms with E-state index in [0.29, 0.717) is 43.7 Å². The fraction of sp³-hybridized carbons (Fsp3) is 0.733. The first-order valence-electron chi connectivity index (χ1n) is 7.75. The highest BCUT2D eigenvalue weighted by Gasteiger charge is 2.32. The van der Waals surface area contributed by atoms with E-state index in [9.17, 15) is 18.0 Å². The van der Waals surface area contributed by atoms with Gasteiger partial charge in [-0.1, -0.05) is 0 Å². The first-order chi connectivity index (χ1) is 10.7. The van der Waals surface area contributed by atoms with Gasteiger partial charge < -0.3 is 5.32 Å². The van der Waals surface area contributed by atoms with E-state index in [0.717, 1.165) is 5.69 Å². The lowest BCUT2D eigenvalue weighted by Crippen LogP contribution is -2.42. The van der Waals surface area contributed by atoms with Crippen molar-refractivity contribution in [2.75, 3.05) is 26.2 Å². The maximum Gasteiger partial charge on any atom is 0.401 e. The molecule has 130 valence electrons. The van der Waals surface area contributed by atoms with E-state index in [1.54, 1.807) is 18.7 Å². The summed E-state index contributed by atoms with van der Waals surface area (Å²) in [5.74, 6) is 0.0616. The van der Waals surface area contributed by atoms with Crippen LogP contribution in [-0.2, 0) is 7.05 Å². The molecule has 2 rings (SSSR count). The first-order valence-corrected chi connectivity index (χ1v) is 7.75. The summed E-state index contributed by atoms with van der Waals surface area (Å²) in [6, 6.07) is 0. The van der Waals surface area contributed by atoms with Gasteiger partial charge in [0.15, 0.2) is 0 Å². The van der Waals surface area contributed by atoms with Gasteiger partial charge in [-0.2, -0.15) is 18.3 Å². The SMILES string of the molecule is Cc1nn(C)c(C)c1C(=O)NCC1CCN(CC(F)(F)F)CC1. The second-order valence-electron chi connectivity index (χ2n) is 6.21. The second-order valence-corrected chi connectivity index (χ2v) is 6.21. The molecule has 1 aromatic rings. The van der Waals surface area contributed by atoms with Gasteiger partial charge in [0.1, 0.15) is 0 Å². The highest BCUT2D eigenvalue weighted by molar-refractivity contribution is 5.96. The minimum Gasteiger partial charge on any atom is -0.352 e. The lowest BCUT2D eigenvalue weighted by Gasteiger charge is -2.32. The fourth-order valence-electron chi connectivity index (χ4n) is 3.03. The lowest BCUT2D eigenvalue weighted by atomic mass is 9.96. The lowest BCUT2D eigenvalue weighted by molar-refractivity contribution is -0.148. The van der Waals surface area contributed by atoms with E-state index in [1.165, 1.54) is 4.90 Å². The van der Waals surface area contributed by atoms with Crippen molar-refractivity contribution < 1.29 is 18.0 Å². The predicted octanol–water partition coefficient (Wildman–Crippen LogP) is 2.04. The van der Waals surface area contributed by atoms with Gasteiger partial charge in [-0.25, -0.2) is 0 Å². The number of nitrogens with one attached hydrogen (secondary N) is 1. The van der Waals surface area contributed by atoms with Crippen molar-refractivity contribution in [1.82, 2.24) is 20.0 Å². The van der Waals surface area contributed by atoms with Crippen LogP contribution in [0.1, 0.15) is 34.6 Å². The van der Waals surface area contributed by atoms with Crippen LogP contribution in [0.4, 0.5) is 13.2 Å². The molecule has 1 amide bonds. The standard InChI is InChI=1S/C15H23F3N4O/c1-10-13(11(2)21(3)20-10)14(23)19-8-12-4-6-22(7-5-12)9-15(16,17)18/h12H,4-9H2,1-3H3,(H,19,23).